The number of allylic oxidation sites excluding steroid dienone is 10. The van der Waals surface area contributed by atoms with Crippen molar-refractivity contribution in [2.24, 2.45) is 0 Å². The molecule has 0 aliphatic rings. The molecule has 0 aliphatic heterocycles. The van der Waals surface area contributed by atoms with E-state index >= 15 is 0 Å². The maximum atomic E-state index is 10.3. The summed E-state index contributed by atoms with van der Waals surface area (Å²) in [4.78, 5) is 10.3. The minimum Gasteiger partial charge on any atom is -0.481 e. The smallest absolute Gasteiger partial charge is 0.303 e. The van der Waals surface area contributed by atoms with Gasteiger partial charge in [-0.2, -0.15) is 0 Å². The Kier molecular flexibility index (Phi) is 14.8. The van der Waals surface area contributed by atoms with Crippen LogP contribution in [0.2, 0.25) is 0 Å². The number of unbranched alkanes of at least 4 members (excludes halogenated alkanes) is 4. The molecule has 0 amide bonds. The standard InChI is InChI=1S/C19H28O2/c1-2-3-4-5-6-7-8-9-10-11-12-13-14-15-16-17-18-19(20)21/h2-3,9-16H,4-8,17-18H2,1H3,(H,20,21)/b3-2+,10-9+,12-11+,14-13+,16-15+. The number of hydrogen-bond donors (Lipinski definition) is 1. The Morgan fingerprint density at radius 2 is 1.29 bits per heavy atom. The van der Waals surface area contributed by atoms with Gasteiger partial charge in [0, 0.05) is 6.42 Å². The van der Waals surface area contributed by atoms with E-state index in [4.69, 9.17) is 5.11 Å². The van der Waals surface area contributed by atoms with Crippen molar-refractivity contribution < 1.29 is 9.90 Å². The first-order valence-corrected chi connectivity index (χ1v) is 7.75. The maximum absolute atomic E-state index is 10.3. The molecular weight excluding hydrogens is 260 g/mol. The lowest BCUT2D eigenvalue weighted by Gasteiger charge is -1.94. The number of rotatable bonds is 12. The normalized spacial score (nSPS) is 12.8. The molecule has 0 unspecified atom stereocenters. The Balaban J connectivity index is 3.49. The summed E-state index contributed by atoms with van der Waals surface area (Å²) < 4.78 is 0. The van der Waals surface area contributed by atoms with Crippen molar-refractivity contribution in [1.82, 2.24) is 0 Å². The summed E-state index contributed by atoms with van der Waals surface area (Å²) in [6, 6.07) is 0. The lowest BCUT2D eigenvalue weighted by Crippen LogP contribution is -1.91. The Labute approximate surface area is 129 Å². The second-order valence-electron chi connectivity index (χ2n) is 4.77. The van der Waals surface area contributed by atoms with Crippen LogP contribution in [0, 0.1) is 0 Å². The quantitative estimate of drug-likeness (QED) is 0.288. The molecule has 21 heavy (non-hydrogen) atoms. The molecular formula is C19H28O2. The zero-order chi connectivity index (χ0) is 15.6. The Morgan fingerprint density at radius 1 is 0.762 bits per heavy atom. The van der Waals surface area contributed by atoms with Gasteiger partial charge in [-0.05, 0) is 39.0 Å². The third kappa shape index (κ3) is 18.2. The van der Waals surface area contributed by atoms with Crippen molar-refractivity contribution in [2.45, 2.75) is 51.9 Å². The first kappa shape index (κ1) is 19.2. The van der Waals surface area contributed by atoms with Crippen LogP contribution in [0.4, 0.5) is 0 Å². The zero-order valence-electron chi connectivity index (χ0n) is 13.1. The van der Waals surface area contributed by atoms with E-state index in [1.54, 1.807) is 0 Å². The van der Waals surface area contributed by atoms with Crippen molar-refractivity contribution in [2.75, 3.05) is 0 Å². The first-order valence-electron chi connectivity index (χ1n) is 7.75. The summed E-state index contributed by atoms with van der Waals surface area (Å²) in [6.45, 7) is 2.06. The maximum Gasteiger partial charge on any atom is 0.303 e. The fourth-order valence-corrected chi connectivity index (χ4v) is 1.68. The van der Waals surface area contributed by atoms with E-state index in [1.807, 2.05) is 36.5 Å². The summed E-state index contributed by atoms with van der Waals surface area (Å²) in [6.07, 6.45) is 27.1. The highest BCUT2D eigenvalue weighted by Gasteiger charge is 1.90. The molecule has 0 aromatic carbocycles. The summed E-state index contributed by atoms with van der Waals surface area (Å²) >= 11 is 0. The molecule has 0 bridgehead atoms. The van der Waals surface area contributed by atoms with Crippen LogP contribution in [0.3, 0.4) is 0 Å². The van der Waals surface area contributed by atoms with E-state index < -0.39 is 5.97 Å². The number of carboxylic acid groups (broad SMARTS) is 1. The van der Waals surface area contributed by atoms with Gasteiger partial charge in [0.1, 0.15) is 0 Å². The molecule has 0 saturated heterocycles. The average Bonchev–Trinajstić information content (AvgIpc) is 2.46. The fraction of sp³-hybridized carbons (Fsp3) is 0.421. The minimum absolute atomic E-state index is 0.192. The molecule has 0 radical (unpaired) electrons. The first-order chi connectivity index (χ1) is 10.3. The molecule has 0 aliphatic carbocycles. The zero-order valence-corrected chi connectivity index (χ0v) is 13.1. The molecule has 0 fully saturated rings. The van der Waals surface area contributed by atoms with Gasteiger partial charge >= 0.3 is 5.97 Å². The molecule has 0 rings (SSSR count). The van der Waals surface area contributed by atoms with Gasteiger partial charge < -0.3 is 5.11 Å². The van der Waals surface area contributed by atoms with Gasteiger partial charge in [-0.1, -0.05) is 67.2 Å². The van der Waals surface area contributed by atoms with E-state index in [9.17, 15) is 4.79 Å². The van der Waals surface area contributed by atoms with Crippen LogP contribution in [0.1, 0.15) is 51.9 Å². The third-order valence-corrected chi connectivity index (χ3v) is 2.83. The molecule has 2 nitrogen and oxygen atoms in total. The minimum atomic E-state index is -0.754. The largest absolute Gasteiger partial charge is 0.481 e. The highest BCUT2D eigenvalue weighted by molar-refractivity contribution is 5.66. The second-order valence-corrected chi connectivity index (χ2v) is 4.77. The van der Waals surface area contributed by atoms with E-state index in [2.05, 4.69) is 31.2 Å². The molecule has 0 heterocycles. The number of hydrogen-bond acceptors (Lipinski definition) is 1. The highest BCUT2D eigenvalue weighted by atomic mass is 16.4. The summed E-state index contributed by atoms with van der Waals surface area (Å²) in [5.41, 5.74) is 0. The predicted molar refractivity (Wildman–Crippen MR) is 91.3 cm³/mol. The van der Waals surface area contributed by atoms with Crippen molar-refractivity contribution in [3.63, 3.8) is 0 Å². The van der Waals surface area contributed by atoms with Gasteiger partial charge in [0.2, 0.25) is 0 Å². The van der Waals surface area contributed by atoms with Crippen LogP contribution in [-0.4, -0.2) is 11.1 Å². The molecule has 0 saturated carbocycles. The third-order valence-electron chi connectivity index (χ3n) is 2.83. The van der Waals surface area contributed by atoms with Gasteiger partial charge in [-0.15, -0.1) is 0 Å². The highest BCUT2D eigenvalue weighted by Crippen LogP contribution is 2.04. The van der Waals surface area contributed by atoms with Crippen molar-refractivity contribution >= 4 is 5.97 Å². The van der Waals surface area contributed by atoms with Crippen molar-refractivity contribution in [1.29, 1.82) is 0 Å². The van der Waals surface area contributed by atoms with E-state index in [0.29, 0.717) is 6.42 Å². The van der Waals surface area contributed by atoms with Gasteiger partial charge in [-0.25, -0.2) is 0 Å². The van der Waals surface area contributed by atoms with Gasteiger partial charge in [0.05, 0.1) is 0 Å². The Bertz CT molecular complexity index is 384. The predicted octanol–water partition coefficient (Wildman–Crippen LogP) is 5.60. The summed E-state index contributed by atoms with van der Waals surface area (Å²) in [7, 11) is 0. The van der Waals surface area contributed by atoms with E-state index in [-0.39, 0.29) is 6.42 Å². The van der Waals surface area contributed by atoms with Crippen molar-refractivity contribution in [3.05, 3.63) is 60.8 Å². The van der Waals surface area contributed by atoms with Gasteiger partial charge in [0.15, 0.2) is 0 Å². The van der Waals surface area contributed by atoms with Crippen LogP contribution < -0.4 is 0 Å². The lowest BCUT2D eigenvalue weighted by atomic mass is 10.1. The van der Waals surface area contributed by atoms with E-state index in [0.717, 1.165) is 6.42 Å². The monoisotopic (exact) mass is 288 g/mol. The van der Waals surface area contributed by atoms with Crippen LogP contribution in [0.15, 0.2) is 60.8 Å². The molecule has 0 atom stereocenters. The molecule has 116 valence electrons. The number of carbonyl (C=O) groups is 1. The summed E-state index contributed by atoms with van der Waals surface area (Å²) in [5, 5.41) is 8.46. The topological polar surface area (TPSA) is 37.3 Å². The Morgan fingerprint density at radius 3 is 1.86 bits per heavy atom. The average molecular weight is 288 g/mol. The second kappa shape index (κ2) is 16.2. The SMILES string of the molecule is C/C=C/CCCCC/C=C/C=C/C=C/C=C/CCC(=O)O. The van der Waals surface area contributed by atoms with Crippen LogP contribution in [-0.2, 0) is 4.79 Å². The molecule has 1 N–H and O–H groups in total. The fourth-order valence-electron chi connectivity index (χ4n) is 1.68. The number of aliphatic carboxylic acids is 1. The van der Waals surface area contributed by atoms with Crippen LogP contribution >= 0.6 is 0 Å². The van der Waals surface area contributed by atoms with Gasteiger partial charge in [-0.3, -0.25) is 4.79 Å². The molecule has 0 aromatic heterocycles. The molecule has 2 heteroatoms. The summed E-state index contributed by atoms with van der Waals surface area (Å²) in [5.74, 6) is -0.754. The molecule has 0 spiro atoms. The number of carboxylic acids is 1. The molecule has 0 aromatic rings. The van der Waals surface area contributed by atoms with Gasteiger partial charge in [0.25, 0.3) is 0 Å². The Hall–Kier alpha value is -1.83. The lowest BCUT2D eigenvalue weighted by molar-refractivity contribution is -0.136. The van der Waals surface area contributed by atoms with E-state index in [1.165, 1.54) is 25.7 Å². The van der Waals surface area contributed by atoms with Crippen LogP contribution in [0.5, 0.6) is 0 Å². The van der Waals surface area contributed by atoms with Crippen molar-refractivity contribution in [3.8, 4) is 0 Å². The van der Waals surface area contributed by atoms with Crippen LogP contribution in [0.25, 0.3) is 0 Å².